The molecule has 0 bridgehead atoms. The maximum Gasteiger partial charge on any atom is 0.430 e. The lowest BCUT2D eigenvalue weighted by atomic mass is 9.74. The molecule has 1 amide bonds. The number of carbonyl (C=O) groups is 1. The van der Waals surface area contributed by atoms with Gasteiger partial charge in [-0.3, -0.25) is 9.91 Å². The molecule has 0 spiro atoms. The summed E-state index contributed by atoms with van der Waals surface area (Å²) in [4.78, 5) is 14.9. The van der Waals surface area contributed by atoms with Gasteiger partial charge in [-0.25, -0.2) is 4.79 Å². The third-order valence-corrected chi connectivity index (χ3v) is 8.86. The summed E-state index contributed by atoms with van der Waals surface area (Å²) < 4.78 is 6.01. The van der Waals surface area contributed by atoms with Crippen LogP contribution in [0.4, 0.5) is 10.5 Å². The highest BCUT2D eigenvalue weighted by Gasteiger charge is 2.60. The fourth-order valence-electron chi connectivity index (χ4n) is 7.56. The number of nitrogens with zero attached hydrogens (tertiary/aromatic N) is 3. The molecule has 1 saturated carbocycles. The van der Waals surface area contributed by atoms with Gasteiger partial charge in [0.25, 0.3) is 0 Å². The molecule has 3 aliphatic heterocycles. The van der Waals surface area contributed by atoms with Crippen LogP contribution in [0.2, 0.25) is 0 Å². The predicted molar refractivity (Wildman–Crippen MR) is 125 cm³/mol. The zero-order valence-electron chi connectivity index (χ0n) is 19.2. The molecule has 6 rings (SSSR count). The van der Waals surface area contributed by atoms with Crippen LogP contribution in [0.5, 0.6) is 0 Å². The van der Waals surface area contributed by atoms with Gasteiger partial charge in [-0.1, -0.05) is 43.7 Å². The third kappa shape index (κ3) is 2.78. The molecule has 170 valence electrons. The average molecular weight is 436 g/mol. The number of hydrogen-bond acceptors (Lipinski definition) is 4. The van der Waals surface area contributed by atoms with Crippen molar-refractivity contribution in [2.75, 3.05) is 13.8 Å². The number of ether oxygens (including phenoxy) is 1. The molecule has 1 saturated heterocycles. The highest BCUT2D eigenvalue weighted by atomic mass is 16.5. The summed E-state index contributed by atoms with van der Waals surface area (Å²) in [6, 6.07) is 10.7. The quantitative estimate of drug-likeness (QED) is 0.521. The van der Waals surface area contributed by atoms with Gasteiger partial charge in [-0.2, -0.15) is 5.01 Å². The van der Waals surface area contributed by atoms with Crippen LogP contribution in [0.1, 0.15) is 51.0 Å². The van der Waals surface area contributed by atoms with E-state index in [1.807, 2.05) is 0 Å². The molecular weight excluding hydrogens is 400 g/mol. The van der Waals surface area contributed by atoms with Crippen LogP contribution in [0.15, 0.2) is 48.4 Å². The average Bonchev–Trinajstić information content (AvgIpc) is 3.36. The van der Waals surface area contributed by atoms with Gasteiger partial charge in [-0.05, 0) is 31.2 Å². The Kier molecular flexibility index (Phi) is 4.75. The fourth-order valence-corrected chi connectivity index (χ4v) is 7.56. The van der Waals surface area contributed by atoms with Crippen LogP contribution >= 0.6 is 0 Å². The fraction of sp³-hybridized carbons (Fsp3) is 0.577. The largest absolute Gasteiger partial charge is 0.451 e. The van der Waals surface area contributed by atoms with Gasteiger partial charge in [0.15, 0.2) is 5.82 Å². The molecule has 0 aromatic heterocycles. The molecule has 5 atom stereocenters. The zero-order chi connectivity index (χ0) is 21.9. The second-order valence-corrected chi connectivity index (χ2v) is 10.3. The summed E-state index contributed by atoms with van der Waals surface area (Å²) in [6.45, 7) is 2.94. The Balaban J connectivity index is 1.56. The van der Waals surface area contributed by atoms with Crippen molar-refractivity contribution in [1.82, 2.24) is 19.8 Å². The van der Waals surface area contributed by atoms with Gasteiger partial charge < -0.3 is 9.64 Å². The van der Waals surface area contributed by atoms with Crippen LogP contribution in [0.25, 0.3) is 0 Å². The maximum absolute atomic E-state index is 12.4. The lowest BCUT2D eigenvalue weighted by Crippen LogP contribution is -2.62. The van der Waals surface area contributed by atoms with Crippen molar-refractivity contribution in [3.8, 4) is 0 Å². The summed E-state index contributed by atoms with van der Waals surface area (Å²) in [7, 11) is 1.46. The summed E-state index contributed by atoms with van der Waals surface area (Å²) in [6.07, 6.45) is 15.7. The Morgan fingerprint density at radius 1 is 1.19 bits per heavy atom. The molecule has 6 nitrogen and oxygen atoms in total. The topological polar surface area (TPSA) is 44.8 Å². The van der Waals surface area contributed by atoms with E-state index < -0.39 is 0 Å². The molecule has 5 aliphatic rings. The van der Waals surface area contributed by atoms with Gasteiger partial charge >= 0.3 is 6.09 Å². The first-order valence-electron chi connectivity index (χ1n) is 12.4. The number of fused-ring (bicyclic) bond motifs is 7. The Morgan fingerprint density at radius 2 is 2.00 bits per heavy atom. The normalized spacial score (nSPS) is 35.8. The molecule has 32 heavy (non-hydrogen) atoms. The number of nitrogens with one attached hydrogen (secondary N) is 1. The van der Waals surface area contributed by atoms with Gasteiger partial charge in [0.05, 0.1) is 13.2 Å². The summed E-state index contributed by atoms with van der Waals surface area (Å²) in [5, 5.41) is 1.63. The molecular formula is C26H35N4O2+. The standard InChI is InChI=1S/C26H35N4O2/c1-18-9-8-13-21-25(18)23-15-19-10-6-7-14-22(19)30(23,20-11-4-3-5-12-20)16-24-27-29(17-28(21)24)26(31)32-2/h6-10,14,16,18,20-21,23,25,27H,3-5,11-13,15,17H2,1-2H3/q+1. The van der Waals surface area contributed by atoms with Crippen LogP contribution < -0.4 is 9.91 Å². The van der Waals surface area contributed by atoms with Crippen molar-refractivity contribution >= 4 is 11.8 Å². The minimum Gasteiger partial charge on any atom is -0.451 e. The Labute approximate surface area is 191 Å². The van der Waals surface area contributed by atoms with Crippen molar-refractivity contribution in [1.29, 1.82) is 0 Å². The van der Waals surface area contributed by atoms with E-state index in [0.29, 0.717) is 36.6 Å². The molecule has 5 unspecified atom stereocenters. The van der Waals surface area contributed by atoms with Crippen LogP contribution in [0, 0.1) is 11.8 Å². The SMILES string of the molecule is COC(=O)N1CN2C(=C[N+]3(C4CCCCC4)c4ccccc4CC3C3C(C)C=CCC32)N1. The third-order valence-electron chi connectivity index (χ3n) is 8.86. The van der Waals surface area contributed by atoms with E-state index >= 15 is 0 Å². The van der Waals surface area contributed by atoms with E-state index in [1.165, 1.54) is 50.5 Å². The van der Waals surface area contributed by atoms with E-state index in [9.17, 15) is 4.79 Å². The number of para-hydroxylation sites is 1. The van der Waals surface area contributed by atoms with Crippen LogP contribution in [0.3, 0.4) is 0 Å². The minimum atomic E-state index is -0.322. The Morgan fingerprint density at radius 3 is 2.81 bits per heavy atom. The summed E-state index contributed by atoms with van der Waals surface area (Å²) in [5.41, 5.74) is 6.44. The molecule has 1 aromatic rings. The van der Waals surface area contributed by atoms with Crippen molar-refractivity contribution < 1.29 is 9.53 Å². The lowest BCUT2D eigenvalue weighted by Gasteiger charge is -2.49. The highest BCUT2D eigenvalue weighted by molar-refractivity contribution is 5.67. The number of hydrazine groups is 1. The number of carbonyl (C=O) groups excluding carboxylic acids is 1. The number of rotatable bonds is 1. The Hall–Kier alpha value is -2.47. The van der Waals surface area contributed by atoms with E-state index in [1.54, 1.807) is 5.01 Å². The van der Waals surface area contributed by atoms with Crippen molar-refractivity contribution in [2.45, 2.75) is 70.0 Å². The minimum absolute atomic E-state index is 0.322. The van der Waals surface area contributed by atoms with Crippen molar-refractivity contribution in [3.63, 3.8) is 0 Å². The summed E-state index contributed by atoms with van der Waals surface area (Å²) >= 11 is 0. The van der Waals surface area contributed by atoms with Crippen molar-refractivity contribution in [2.24, 2.45) is 11.8 Å². The monoisotopic (exact) mass is 435 g/mol. The molecule has 2 aliphatic carbocycles. The number of methoxy groups -OCH3 is 1. The lowest BCUT2D eigenvalue weighted by molar-refractivity contribution is 0.0655. The zero-order valence-corrected chi connectivity index (χ0v) is 19.2. The number of benzene rings is 1. The number of amides is 1. The maximum atomic E-state index is 12.4. The number of quaternary nitrogens is 1. The number of allylic oxidation sites excluding steroid dienone is 1. The van der Waals surface area contributed by atoms with Crippen LogP contribution in [-0.2, 0) is 11.2 Å². The van der Waals surface area contributed by atoms with E-state index in [-0.39, 0.29) is 6.09 Å². The first-order chi connectivity index (χ1) is 15.6. The second kappa shape index (κ2) is 7.55. The van der Waals surface area contributed by atoms with E-state index in [4.69, 9.17) is 4.74 Å². The van der Waals surface area contributed by atoms with Gasteiger partial charge in [-0.15, -0.1) is 0 Å². The van der Waals surface area contributed by atoms with Gasteiger partial charge in [0.1, 0.15) is 24.6 Å². The molecule has 6 heteroatoms. The molecule has 1 aromatic carbocycles. The number of hydrogen-bond donors (Lipinski definition) is 1. The molecule has 2 fully saturated rings. The molecule has 0 radical (unpaired) electrons. The van der Waals surface area contributed by atoms with Crippen molar-refractivity contribution in [3.05, 3.63) is 54.0 Å². The highest BCUT2D eigenvalue weighted by Crippen LogP contribution is 2.53. The Bertz CT molecular complexity index is 968. The van der Waals surface area contributed by atoms with E-state index in [2.05, 4.69) is 59.9 Å². The van der Waals surface area contributed by atoms with Crippen LogP contribution in [-0.4, -0.2) is 47.9 Å². The second-order valence-electron chi connectivity index (χ2n) is 10.3. The first kappa shape index (κ1) is 20.2. The first-order valence-corrected chi connectivity index (χ1v) is 12.4. The molecule has 3 heterocycles. The van der Waals surface area contributed by atoms with Gasteiger partial charge in [0, 0.05) is 36.8 Å². The smallest absolute Gasteiger partial charge is 0.430 e. The van der Waals surface area contributed by atoms with E-state index in [0.717, 1.165) is 23.1 Å². The predicted octanol–water partition coefficient (Wildman–Crippen LogP) is 4.49. The molecule has 1 N–H and O–H groups in total. The summed E-state index contributed by atoms with van der Waals surface area (Å²) in [5.74, 6) is 2.12. The van der Waals surface area contributed by atoms with Gasteiger partial charge in [0.2, 0.25) is 0 Å².